The summed E-state index contributed by atoms with van der Waals surface area (Å²) in [6, 6.07) is -2.14. The van der Waals surface area contributed by atoms with Gasteiger partial charge in [-0.1, -0.05) is 19.0 Å². The number of nitrogens with zero attached hydrogens (tertiary/aromatic N) is 1. The number of piperidine rings is 1. The van der Waals surface area contributed by atoms with E-state index in [2.05, 4.69) is 0 Å². The van der Waals surface area contributed by atoms with Crippen LogP contribution in [0.3, 0.4) is 0 Å². The molecule has 1 aliphatic rings. The average Bonchev–Trinajstić information content (AvgIpc) is 2.51. The van der Waals surface area contributed by atoms with E-state index in [1.54, 1.807) is 0 Å². The van der Waals surface area contributed by atoms with E-state index < -0.39 is 57.7 Å². The van der Waals surface area contributed by atoms with Crippen LogP contribution in [0.1, 0.15) is 48.6 Å². The summed E-state index contributed by atoms with van der Waals surface area (Å²) in [6.07, 6.45) is -0.366. The molecule has 1 fully saturated rings. The smallest absolute Gasteiger partial charge is 0.175 e. The number of rotatable bonds is 4. The standard InChI is InChI=1S/C15H23NO2S/c1-3-9-16-10-5-7-14(12-16)13-6-4-8-15(11-13)19(2,17)18/h4,6,8,11,14H,3,5,7,9-10,12H2,1-2H3/t14-/m0/s1/i3D2,4D,6D,8D,9D2,11D. The van der Waals surface area contributed by atoms with Crippen LogP contribution in [0.2, 0.25) is 0 Å². The zero-order chi connectivity index (χ0) is 20.9. The van der Waals surface area contributed by atoms with Crippen molar-refractivity contribution >= 4 is 9.84 Å². The number of sulfone groups is 1. The number of benzene rings is 1. The molecule has 1 atom stereocenters. The van der Waals surface area contributed by atoms with Crippen LogP contribution in [0, 0.1) is 0 Å². The highest BCUT2D eigenvalue weighted by molar-refractivity contribution is 7.90. The first kappa shape index (κ1) is 7.23. The van der Waals surface area contributed by atoms with E-state index >= 15 is 0 Å². The van der Waals surface area contributed by atoms with Gasteiger partial charge in [0.05, 0.1) is 10.4 Å². The maximum absolute atomic E-state index is 12.0. The molecule has 1 aliphatic heterocycles. The second kappa shape index (κ2) is 6.06. The predicted molar refractivity (Wildman–Crippen MR) is 78.3 cm³/mol. The van der Waals surface area contributed by atoms with Crippen molar-refractivity contribution in [2.24, 2.45) is 0 Å². The Morgan fingerprint density at radius 1 is 1.53 bits per heavy atom. The zero-order valence-corrected chi connectivity index (χ0v) is 11.9. The minimum atomic E-state index is -3.96. The van der Waals surface area contributed by atoms with Crippen molar-refractivity contribution in [1.82, 2.24) is 4.90 Å². The molecule has 0 saturated carbocycles. The fourth-order valence-electron chi connectivity index (χ4n) is 2.20. The molecule has 2 rings (SSSR count). The molecule has 0 aliphatic carbocycles. The predicted octanol–water partition coefficient (Wildman–Crippen LogP) is 2.68. The summed E-state index contributed by atoms with van der Waals surface area (Å²) in [5, 5.41) is 0. The summed E-state index contributed by atoms with van der Waals surface area (Å²) >= 11 is 0. The quantitative estimate of drug-likeness (QED) is 0.855. The topological polar surface area (TPSA) is 37.4 Å². The molecule has 106 valence electrons. The van der Waals surface area contributed by atoms with E-state index in [0.29, 0.717) is 19.4 Å². The Hall–Kier alpha value is -0.870. The van der Waals surface area contributed by atoms with Crippen molar-refractivity contribution in [3.05, 3.63) is 29.7 Å². The number of hydrogen-bond donors (Lipinski definition) is 0. The largest absolute Gasteiger partial charge is 0.303 e. The van der Waals surface area contributed by atoms with Crippen molar-refractivity contribution in [2.45, 2.75) is 37.0 Å². The minimum absolute atomic E-state index is 0.00189. The van der Waals surface area contributed by atoms with Crippen molar-refractivity contribution < 1.29 is 19.4 Å². The maximum Gasteiger partial charge on any atom is 0.175 e. The molecular weight excluding hydrogens is 258 g/mol. The lowest BCUT2D eigenvalue weighted by Crippen LogP contribution is -2.34. The van der Waals surface area contributed by atoms with Crippen LogP contribution in [0.25, 0.3) is 0 Å². The van der Waals surface area contributed by atoms with Crippen LogP contribution < -0.4 is 0 Å². The third-order valence-electron chi connectivity index (χ3n) is 3.09. The second-order valence-electron chi connectivity index (χ2n) is 4.66. The summed E-state index contributed by atoms with van der Waals surface area (Å²) in [5.74, 6) is -0.596. The van der Waals surface area contributed by atoms with E-state index in [4.69, 9.17) is 11.0 Å². The Labute approximate surface area is 127 Å². The first-order valence-corrected chi connectivity index (χ1v) is 8.05. The highest BCUT2D eigenvalue weighted by Gasteiger charge is 2.21. The Bertz CT molecular complexity index is 851. The Kier molecular flexibility index (Phi) is 2.30. The molecule has 1 aromatic rings. The van der Waals surface area contributed by atoms with Crippen LogP contribution >= 0.6 is 0 Å². The van der Waals surface area contributed by atoms with Gasteiger partial charge in [-0.15, -0.1) is 0 Å². The van der Waals surface area contributed by atoms with Gasteiger partial charge < -0.3 is 4.90 Å². The maximum atomic E-state index is 12.0. The molecular formula is C15H23NO2S. The fraction of sp³-hybridized carbons (Fsp3) is 0.600. The molecule has 0 radical (unpaired) electrons. The number of likely N-dealkylation sites (tertiary alicyclic amines) is 1. The third-order valence-corrected chi connectivity index (χ3v) is 4.04. The Balaban J connectivity index is 2.57. The van der Waals surface area contributed by atoms with Crippen molar-refractivity contribution in [1.29, 1.82) is 0 Å². The van der Waals surface area contributed by atoms with Crippen LogP contribution in [0.15, 0.2) is 29.1 Å². The second-order valence-corrected chi connectivity index (χ2v) is 6.61. The highest BCUT2D eigenvalue weighted by Crippen LogP contribution is 2.28. The monoisotopic (exact) mass is 289 g/mol. The highest BCUT2D eigenvalue weighted by atomic mass is 32.2. The SMILES string of the molecule is [2H]c1c([2H])c([C@H]2CCCN(C([2H])([2H])C([2H])([2H])C)C2)c([2H])c(S(C)(=O)=O)c1[2H]. The van der Waals surface area contributed by atoms with Crippen LogP contribution in [-0.4, -0.2) is 39.2 Å². The van der Waals surface area contributed by atoms with Gasteiger partial charge in [0.25, 0.3) is 0 Å². The van der Waals surface area contributed by atoms with Gasteiger partial charge in [-0.3, -0.25) is 0 Å². The van der Waals surface area contributed by atoms with Crippen LogP contribution in [-0.2, 0) is 9.84 Å². The molecule has 19 heavy (non-hydrogen) atoms. The summed E-state index contributed by atoms with van der Waals surface area (Å²) in [4.78, 5) is 0.711. The Morgan fingerprint density at radius 2 is 2.32 bits per heavy atom. The Morgan fingerprint density at radius 3 is 3.00 bits per heavy atom. The lowest BCUT2D eigenvalue weighted by atomic mass is 9.90. The van der Waals surface area contributed by atoms with Gasteiger partial charge in [0.2, 0.25) is 0 Å². The first-order chi connectivity index (χ1) is 12.1. The zero-order valence-electron chi connectivity index (χ0n) is 19.1. The number of hydrogen-bond acceptors (Lipinski definition) is 3. The summed E-state index contributed by atoms with van der Waals surface area (Å²) < 4.78 is 87.9. The van der Waals surface area contributed by atoms with Crippen molar-refractivity contribution in [3.63, 3.8) is 0 Å². The molecule has 3 nitrogen and oxygen atoms in total. The van der Waals surface area contributed by atoms with Gasteiger partial charge in [0.1, 0.15) is 0 Å². The van der Waals surface area contributed by atoms with Crippen LogP contribution in [0.4, 0.5) is 0 Å². The molecule has 0 spiro atoms. The molecule has 0 N–H and O–H groups in total. The lowest BCUT2D eigenvalue weighted by Gasteiger charge is -2.32. The average molecular weight is 289 g/mol. The third kappa shape index (κ3) is 3.80. The van der Waals surface area contributed by atoms with E-state index in [1.807, 2.05) is 0 Å². The summed E-state index contributed by atoms with van der Waals surface area (Å²) in [5.41, 5.74) is 0.00795. The van der Waals surface area contributed by atoms with Crippen molar-refractivity contribution in [2.75, 3.05) is 25.8 Å². The normalized spacial score (nSPS) is 29.1. The summed E-state index contributed by atoms with van der Waals surface area (Å²) in [6.45, 7) is -0.852. The molecule has 1 aromatic carbocycles. The molecule has 0 bridgehead atoms. The molecule has 0 aromatic heterocycles. The molecule has 0 amide bonds. The van der Waals surface area contributed by atoms with Gasteiger partial charge in [-0.25, -0.2) is 8.42 Å². The summed E-state index contributed by atoms with van der Waals surface area (Å²) in [7, 11) is -3.96. The van der Waals surface area contributed by atoms with E-state index in [-0.39, 0.29) is 12.1 Å². The molecule has 0 unspecified atom stereocenters. The van der Waals surface area contributed by atoms with Gasteiger partial charge >= 0.3 is 0 Å². The van der Waals surface area contributed by atoms with E-state index in [1.165, 1.54) is 4.90 Å². The molecule has 1 saturated heterocycles. The molecule has 1 heterocycles. The molecule has 4 heteroatoms. The van der Waals surface area contributed by atoms with Crippen molar-refractivity contribution in [3.8, 4) is 0 Å². The minimum Gasteiger partial charge on any atom is -0.303 e. The van der Waals surface area contributed by atoms with Gasteiger partial charge in [0, 0.05) is 18.3 Å². The van der Waals surface area contributed by atoms with E-state index in [9.17, 15) is 8.42 Å². The van der Waals surface area contributed by atoms with E-state index in [0.717, 1.165) is 13.2 Å². The van der Waals surface area contributed by atoms with Gasteiger partial charge in [-0.2, -0.15) is 0 Å². The lowest BCUT2D eigenvalue weighted by molar-refractivity contribution is 0.208. The van der Waals surface area contributed by atoms with Gasteiger partial charge in [0.15, 0.2) is 9.84 Å². The first-order valence-electron chi connectivity index (χ1n) is 10.2. The van der Waals surface area contributed by atoms with Crippen LogP contribution in [0.5, 0.6) is 0 Å². The van der Waals surface area contributed by atoms with Gasteiger partial charge in [-0.05, 0) is 55.8 Å². The fourth-order valence-corrected chi connectivity index (χ4v) is 2.73.